The van der Waals surface area contributed by atoms with Gasteiger partial charge in [0.05, 0.1) is 5.69 Å². The number of hydrogen-bond donors (Lipinski definition) is 0. The average Bonchev–Trinajstić information content (AvgIpc) is 2.56. The molecule has 1 aromatic heterocycles. The minimum absolute atomic E-state index is 0.106. The van der Waals surface area contributed by atoms with Crippen LogP contribution in [0, 0.1) is 5.82 Å². The van der Waals surface area contributed by atoms with E-state index in [1.54, 1.807) is 29.3 Å². The number of amides is 1. The highest BCUT2D eigenvalue weighted by molar-refractivity contribution is 5.92. The molecule has 0 saturated carbocycles. The Morgan fingerprint density at radius 3 is 2.52 bits per heavy atom. The van der Waals surface area contributed by atoms with Crippen LogP contribution >= 0.6 is 0 Å². The van der Waals surface area contributed by atoms with Gasteiger partial charge in [0.2, 0.25) is 0 Å². The van der Waals surface area contributed by atoms with E-state index in [1.165, 1.54) is 12.4 Å². The third-order valence-corrected chi connectivity index (χ3v) is 3.56. The van der Waals surface area contributed by atoms with Gasteiger partial charge in [-0.3, -0.25) is 4.79 Å². The summed E-state index contributed by atoms with van der Waals surface area (Å²) >= 11 is 0. The van der Waals surface area contributed by atoms with E-state index < -0.39 is 0 Å². The van der Waals surface area contributed by atoms with Crippen LogP contribution in [0.1, 0.15) is 10.5 Å². The molecule has 1 aliphatic rings. The van der Waals surface area contributed by atoms with Gasteiger partial charge in [0.1, 0.15) is 17.8 Å². The van der Waals surface area contributed by atoms with Gasteiger partial charge in [0.15, 0.2) is 0 Å². The molecule has 1 saturated heterocycles. The Labute approximate surface area is 122 Å². The second kappa shape index (κ2) is 5.87. The minimum atomic E-state index is -0.229. The van der Waals surface area contributed by atoms with Gasteiger partial charge >= 0.3 is 0 Å². The fourth-order valence-corrected chi connectivity index (χ4v) is 2.44. The molecule has 1 aliphatic heterocycles. The molecule has 2 heterocycles. The van der Waals surface area contributed by atoms with Crippen LogP contribution < -0.4 is 4.90 Å². The number of carbonyl (C=O) groups is 1. The third-order valence-electron chi connectivity index (χ3n) is 3.56. The number of anilines is 1. The number of hydrogen-bond acceptors (Lipinski definition) is 4. The topological polar surface area (TPSA) is 49.3 Å². The summed E-state index contributed by atoms with van der Waals surface area (Å²) in [7, 11) is 0. The van der Waals surface area contributed by atoms with Crippen molar-refractivity contribution in [1.29, 1.82) is 0 Å². The van der Waals surface area contributed by atoms with Crippen LogP contribution in [-0.4, -0.2) is 47.0 Å². The fraction of sp³-hybridized carbons (Fsp3) is 0.267. The summed E-state index contributed by atoms with van der Waals surface area (Å²) in [6, 6.07) is 8.31. The van der Waals surface area contributed by atoms with Crippen LogP contribution in [0.4, 0.5) is 10.1 Å². The Kier molecular flexibility index (Phi) is 3.77. The molecule has 0 unspecified atom stereocenters. The van der Waals surface area contributed by atoms with E-state index in [1.807, 2.05) is 11.0 Å². The molecular weight excluding hydrogens is 271 g/mol. The van der Waals surface area contributed by atoms with Gasteiger partial charge in [-0.25, -0.2) is 14.4 Å². The number of carbonyl (C=O) groups excluding carboxylic acids is 1. The van der Waals surface area contributed by atoms with Crippen LogP contribution in [0.3, 0.4) is 0 Å². The molecule has 1 aromatic carbocycles. The standard InChI is InChI=1S/C15H15FN4O/c16-12-3-1-2-4-14(12)19-7-9-20(10-8-19)15(21)13-5-6-17-11-18-13/h1-6,11H,7-10H2. The van der Waals surface area contributed by atoms with E-state index in [2.05, 4.69) is 9.97 Å². The Bertz CT molecular complexity index is 627. The number of piperazine rings is 1. The van der Waals surface area contributed by atoms with E-state index in [4.69, 9.17) is 0 Å². The largest absolute Gasteiger partial charge is 0.366 e. The fourth-order valence-electron chi connectivity index (χ4n) is 2.44. The highest BCUT2D eigenvalue weighted by Crippen LogP contribution is 2.20. The summed E-state index contributed by atoms with van der Waals surface area (Å²) in [4.78, 5) is 23.7. The molecule has 0 bridgehead atoms. The zero-order valence-electron chi connectivity index (χ0n) is 11.4. The molecule has 0 atom stereocenters. The van der Waals surface area contributed by atoms with Crippen LogP contribution in [0.5, 0.6) is 0 Å². The molecule has 6 heteroatoms. The predicted octanol–water partition coefficient (Wildman–Crippen LogP) is 1.58. The van der Waals surface area contributed by atoms with Gasteiger partial charge in [-0.1, -0.05) is 12.1 Å². The molecule has 3 rings (SSSR count). The molecule has 1 amide bonds. The highest BCUT2D eigenvalue weighted by Gasteiger charge is 2.23. The van der Waals surface area contributed by atoms with Crippen LogP contribution in [-0.2, 0) is 0 Å². The van der Waals surface area contributed by atoms with Crippen molar-refractivity contribution in [3.63, 3.8) is 0 Å². The van der Waals surface area contributed by atoms with Gasteiger partial charge in [-0.15, -0.1) is 0 Å². The molecule has 0 N–H and O–H groups in total. The molecule has 21 heavy (non-hydrogen) atoms. The molecule has 2 aromatic rings. The normalized spacial score (nSPS) is 15.1. The van der Waals surface area contributed by atoms with Gasteiger partial charge in [-0.05, 0) is 18.2 Å². The van der Waals surface area contributed by atoms with E-state index in [0.717, 1.165) is 0 Å². The Morgan fingerprint density at radius 2 is 1.86 bits per heavy atom. The second-order valence-corrected chi connectivity index (χ2v) is 4.83. The van der Waals surface area contributed by atoms with Crippen molar-refractivity contribution in [3.8, 4) is 0 Å². The first-order valence-corrected chi connectivity index (χ1v) is 6.80. The van der Waals surface area contributed by atoms with Crippen molar-refractivity contribution >= 4 is 11.6 Å². The molecule has 0 radical (unpaired) electrons. The van der Waals surface area contributed by atoms with Crippen molar-refractivity contribution in [2.24, 2.45) is 0 Å². The van der Waals surface area contributed by atoms with Crippen LogP contribution in [0.2, 0.25) is 0 Å². The van der Waals surface area contributed by atoms with Gasteiger partial charge in [0.25, 0.3) is 5.91 Å². The van der Waals surface area contributed by atoms with Crippen LogP contribution in [0.15, 0.2) is 42.9 Å². The zero-order chi connectivity index (χ0) is 14.7. The Hall–Kier alpha value is -2.50. The smallest absolute Gasteiger partial charge is 0.272 e. The summed E-state index contributed by atoms with van der Waals surface area (Å²) in [5.41, 5.74) is 0.982. The Morgan fingerprint density at radius 1 is 1.10 bits per heavy atom. The lowest BCUT2D eigenvalue weighted by Crippen LogP contribution is -2.49. The predicted molar refractivity (Wildman–Crippen MR) is 76.5 cm³/mol. The summed E-state index contributed by atoms with van der Waals surface area (Å²) in [5, 5.41) is 0. The van der Waals surface area contributed by atoms with Gasteiger partial charge in [-0.2, -0.15) is 0 Å². The summed E-state index contributed by atoms with van der Waals surface area (Å²) in [5.74, 6) is -0.335. The first-order chi connectivity index (χ1) is 10.3. The highest BCUT2D eigenvalue weighted by atomic mass is 19.1. The SMILES string of the molecule is O=C(c1ccncn1)N1CCN(c2ccccc2F)CC1. The van der Waals surface area contributed by atoms with E-state index in [0.29, 0.717) is 37.6 Å². The maximum Gasteiger partial charge on any atom is 0.272 e. The number of aromatic nitrogens is 2. The number of nitrogens with zero attached hydrogens (tertiary/aromatic N) is 4. The van der Waals surface area contributed by atoms with Crippen molar-refractivity contribution in [2.75, 3.05) is 31.1 Å². The summed E-state index contributed by atoms with van der Waals surface area (Å²) < 4.78 is 13.8. The van der Waals surface area contributed by atoms with E-state index in [9.17, 15) is 9.18 Å². The number of halogens is 1. The van der Waals surface area contributed by atoms with Crippen molar-refractivity contribution in [1.82, 2.24) is 14.9 Å². The Balaban J connectivity index is 1.66. The van der Waals surface area contributed by atoms with E-state index in [-0.39, 0.29) is 11.7 Å². The zero-order valence-corrected chi connectivity index (χ0v) is 11.4. The molecular formula is C15H15FN4O. The lowest BCUT2D eigenvalue weighted by molar-refractivity contribution is 0.0740. The lowest BCUT2D eigenvalue weighted by atomic mass is 10.2. The number of para-hydroxylation sites is 1. The molecule has 0 aliphatic carbocycles. The third kappa shape index (κ3) is 2.84. The quantitative estimate of drug-likeness (QED) is 0.841. The van der Waals surface area contributed by atoms with Crippen LogP contribution in [0.25, 0.3) is 0 Å². The summed E-state index contributed by atoms with van der Waals surface area (Å²) in [6.07, 6.45) is 2.92. The van der Waals surface area contributed by atoms with Gasteiger partial charge < -0.3 is 9.80 Å². The maximum absolute atomic E-state index is 13.8. The van der Waals surface area contributed by atoms with Gasteiger partial charge in [0, 0.05) is 32.4 Å². The lowest BCUT2D eigenvalue weighted by Gasteiger charge is -2.36. The van der Waals surface area contributed by atoms with Crippen molar-refractivity contribution in [3.05, 3.63) is 54.4 Å². The average molecular weight is 286 g/mol. The molecule has 0 spiro atoms. The molecule has 108 valence electrons. The second-order valence-electron chi connectivity index (χ2n) is 4.83. The maximum atomic E-state index is 13.8. The first kappa shape index (κ1) is 13.5. The number of rotatable bonds is 2. The first-order valence-electron chi connectivity index (χ1n) is 6.80. The number of benzene rings is 1. The van der Waals surface area contributed by atoms with Crippen molar-refractivity contribution in [2.45, 2.75) is 0 Å². The summed E-state index contributed by atoms with van der Waals surface area (Å²) in [6.45, 7) is 2.32. The monoisotopic (exact) mass is 286 g/mol. The molecule has 1 fully saturated rings. The van der Waals surface area contributed by atoms with Crippen molar-refractivity contribution < 1.29 is 9.18 Å². The molecule has 5 nitrogen and oxygen atoms in total. The van der Waals surface area contributed by atoms with E-state index >= 15 is 0 Å². The minimum Gasteiger partial charge on any atom is -0.366 e.